The third-order valence-corrected chi connectivity index (χ3v) is 3.41. The molecule has 17 heavy (non-hydrogen) atoms. The number of anilines is 1. The molecule has 1 aromatic heterocycles. The minimum atomic E-state index is -0.269. The maximum Gasteiger partial charge on any atom is 0.355 e. The Morgan fingerprint density at radius 2 is 2.18 bits per heavy atom. The second kappa shape index (κ2) is 5.25. The lowest BCUT2D eigenvalue weighted by molar-refractivity contribution is 0.0399. The van der Waals surface area contributed by atoms with Gasteiger partial charge in [0, 0.05) is 13.2 Å². The molecular weight excluding hydrogens is 216 g/mol. The van der Waals surface area contributed by atoms with Crippen LogP contribution in [-0.2, 0) is 11.8 Å². The zero-order valence-electron chi connectivity index (χ0n) is 10.3. The minimum absolute atomic E-state index is 0.269. The average molecular weight is 236 g/mol. The number of carbonyl (C=O) groups excluding carboxylic acids is 1. The van der Waals surface area contributed by atoms with E-state index in [4.69, 9.17) is 10.5 Å². The minimum Gasteiger partial charge on any atom is -0.461 e. The van der Waals surface area contributed by atoms with Gasteiger partial charge in [-0.15, -0.1) is 0 Å². The van der Waals surface area contributed by atoms with Crippen molar-refractivity contribution in [2.45, 2.75) is 32.1 Å². The van der Waals surface area contributed by atoms with Gasteiger partial charge >= 0.3 is 5.97 Å². The molecule has 2 N–H and O–H groups in total. The van der Waals surface area contributed by atoms with Crippen LogP contribution in [0.15, 0.2) is 12.3 Å². The monoisotopic (exact) mass is 236 g/mol. The number of nitrogens with two attached hydrogens (primary N) is 1. The smallest absolute Gasteiger partial charge is 0.355 e. The van der Waals surface area contributed by atoms with Gasteiger partial charge in [-0.1, -0.05) is 19.3 Å². The number of carbonyl (C=O) groups is 1. The van der Waals surface area contributed by atoms with E-state index in [9.17, 15) is 4.79 Å². The molecule has 0 bridgehead atoms. The number of hydrogen-bond acceptors (Lipinski definition) is 3. The first-order valence-corrected chi connectivity index (χ1v) is 6.26. The van der Waals surface area contributed by atoms with Gasteiger partial charge in [0.25, 0.3) is 0 Å². The van der Waals surface area contributed by atoms with Crippen molar-refractivity contribution in [2.24, 2.45) is 13.0 Å². The third kappa shape index (κ3) is 3.02. The van der Waals surface area contributed by atoms with Crippen LogP contribution in [0.25, 0.3) is 0 Å². The van der Waals surface area contributed by atoms with Crippen molar-refractivity contribution >= 4 is 11.7 Å². The highest BCUT2D eigenvalue weighted by molar-refractivity contribution is 5.89. The molecule has 4 heteroatoms. The maximum atomic E-state index is 11.8. The molecule has 0 aliphatic heterocycles. The maximum absolute atomic E-state index is 11.8. The lowest BCUT2D eigenvalue weighted by Crippen LogP contribution is -2.18. The van der Waals surface area contributed by atoms with Gasteiger partial charge in [0.05, 0.1) is 12.3 Å². The molecule has 0 spiro atoms. The summed E-state index contributed by atoms with van der Waals surface area (Å²) >= 11 is 0. The predicted molar refractivity (Wildman–Crippen MR) is 66.7 cm³/mol. The Hall–Kier alpha value is -1.45. The topological polar surface area (TPSA) is 57.2 Å². The molecule has 0 radical (unpaired) electrons. The van der Waals surface area contributed by atoms with Crippen LogP contribution in [0.5, 0.6) is 0 Å². The molecule has 1 aliphatic carbocycles. The molecule has 0 aromatic carbocycles. The fourth-order valence-corrected chi connectivity index (χ4v) is 2.41. The molecular formula is C13H20N2O2. The summed E-state index contributed by atoms with van der Waals surface area (Å²) in [5.74, 6) is 0.278. The summed E-state index contributed by atoms with van der Waals surface area (Å²) in [5.41, 5.74) is 6.75. The Morgan fingerprint density at radius 3 is 2.76 bits per heavy atom. The zero-order valence-corrected chi connectivity index (χ0v) is 10.3. The van der Waals surface area contributed by atoms with E-state index in [2.05, 4.69) is 0 Å². The van der Waals surface area contributed by atoms with Gasteiger partial charge in [-0.05, 0) is 24.8 Å². The van der Waals surface area contributed by atoms with Crippen LogP contribution in [0.3, 0.4) is 0 Å². The molecule has 4 nitrogen and oxygen atoms in total. The molecule has 0 amide bonds. The molecule has 0 saturated heterocycles. The van der Waals surface area contributed by atoms with E-state index in [-0.39, 0.29) is 5.97 Å². The van der Waals surface area contributed by atoms with Crippen LogP contribution in [0.2, 0.25) is 0 Å². The highest BCUT2D eigenvalue weighted by atomic mass is 16.5. The molecule has 1 heterocycles. The third-order valence-electron chi connectivity index (χ3n) is 3.41. The molecule has 0 atom stereocenters. The number of ether oxygens (including phenoxy) is 1. The van der Waals surface area contributed by atoms with Crippen LogP contribution in [0.4, 0.5) is 5.69 Å². The molecule has 94 valence electrons. The number of nitrogen functional groups attached to an aromatic ring is 1. The zero-order chi connectivity index (χ0) is 12.3. The van der Waals surface area contributed by atoms with Crippen LogP contribution in [0, 0.1) is 5.92 Å². The van der Waals surface area contributed by atoms with Crippen molar-refractivity contribution in [1.82, 2.24) is 4.57 Å². The number of hydrogen-bond donors (Lipinski definition) is 1. The first kappa shape index (κ1) is 12.0. The standard InChI is InChI=1S/C13H20N2O2/c1-15-8-11(14)7-12(15)13(16)17-9-10-5-3-2-4-6-10/h7-8,10H,2-6,9,14H2,1H3. The van der Waals surface area contributed by atoms with E-state index in [0.717, 1.165) is 0 Å². The summed E-state index contributed by atoms with van der Waals surface area (Å²) in [4.78, 5) is 11.8. The van der Waals surface area contributed by atoms with Crippen LogP contribution in [0.1, 0.15) is 42.6 Å². The van der Waals surface area contributed by atoms with Gasteiger partial charge < -0.3 is 15.0 Å². The summed E-state index contributed by atoms with van der Waals surface area (Å²) in [6, 6.07) is 1.66. The Kier molecular flexibility index (Phi) is 3.71. The Labute approximate surface area is 102 Å². The van der Waals surface area contributed by atoms with Crippen molar-refractivity contribution in [3.8, 4) is 0 Å². The first-order chi connectivity index (χ1) is 8.16. The Bertz CT molecular complexity index is 392. The summed E-state index contributed by atoms with van der Waals surface area (Å²) in [6.45, 7) is 0.546. The lowest BCUT2D eigenvalue weighted by Gasteiger charge is -2.21. The SMILES string of the molecule is Cn1cc(N)cc1C(=O)OCC1CCCCC1. The number of nitrogens with zero attached hydrogens (tertiary/aromatic N) is 1. The van der Waals surface area contributed by atoms with Crippen LogP contribution in [-0.4, -0.2) is 17.1 Å². The largest absolute Gasteiger partial charge is 0.461 e. The van der Waals surface area contributed by atoms with Crippen molar-refractivity contribution in [2.75, 3.05) is 12.3 Å². The highest BCUT2D eigenvalue weighted by Gasteiger charge is 2.17. The van der Waals surface area contributed by atoms with Gasteiger partial charge in [0.1, 0.15) is 5.69 Å². The second-order valence-electron chi connectivity index (χ2n) is 4.87. The summed E-state index contributed by atoms with van der Waals surface area (Å²) in [5, 5.41) is 0. The summed E-state index contributed by atoms with van der Waals surface area (Å²) in [7, 11) is 1.80. The van der Waals surface area contributed by atoms with Gasteiger partial charge in [0.15, 0.2) is 0 Å². The van der Waals surface area contributed by atoms with E-state index in [1.54, 1.807) is 23.9 Å². The predicted octanol–water partition coefficient (Wildman–Crippen LogP) is 2.34. The van der Waals surface area contributed by atoms with Crippen molar-refractivity contribution < 1.29 is 9.53 Å². The van der Waals surface area contributed by atoms with Crippen molar-refractivity contribution in [3.05, 3.63) is 18.0 Å². The Morgan fingerprint density at radius 1 is 1.47 bits per heavy atom. The molecule has 1 aliphatic rings. The lowest BCUT2D eigenvalue weighted by atomic mass is 9.90. The fraction of sp³-hybridized carbons (Fsp3) is 0.615. The summed E-state index contributed by atoms with van der Waals surface area (Å²) in [6.07, 6.45) is 7.93. The first-order valence-electron chi connectivity index (χ1n) is 6.26. The number of esters is 1. The van der Waals surface area contributed by atoms with Crippen LogP contribution >= 0.6 is 0 Å². The van der Waals surface area contributed by atoms with E-state index in [1.165, 1.54) is 32.1 Å². The molecule has 1 fully saturated rings. The molecule has 1 aromatic rings. The van der Waals surface area contributed by atoms with Gasteiger partial charge in [-0.3, -0.25) is 0 Å². The second-order valence-corrected chi connectivity index (χ2v) is 4.87. The molecule has 0 unspecified atom stereocenters. The van der Waals surface area contributed by atoms with E-state index in [0.29, 0.717) is 23.9 Å². The summed E-state index contributed by atoms with van der Waals surface area (Å²) < 4.78 is 7.05. The number of rotatable bonds is 3. The van der Waals surface area contributed by atoms with Gasteiger partial charge in [-0.25, -0.2) is 4.79 Å². The average Bonchev–Trinajstić information content (AvgIpc) is 2.67. The van der Waals surface area contributed by atoms with Crippen molar-refractivity contribution in [3.63, 3.8) is 0 Å². The van der Waals surface area contributed by atoms with Gasteiger partial charge in [0.2, 0.25) is 0 Å². The Balaban J connectivity index is 1.86. The number of aryl methyl sites for hydroxylation is 1. The van der Waals surface area contributed by atoms with E-state index < -0.39 is 0 Å². The number of aromatic nitrogens is 1. The van der Waals surface area contributed by atoms with Crippen LogP contribution < -0.4 is 5.73 Å². The van der Waals surface area contributed by atoms with E-state index in [1.807, 2.05) is 0 Å². The van der Waals surface area contributed by atoms with Gasteiger partial charge in [-0.2, -0.15) is 0 Å². The highest BCUT2D eigenvalue weighted by Crippen LogP contribution is 2.24. The molecule has 1 saturated carbocycles. The van der Waals surface area contributed by atoms with E-state index >= 15 is 0 Å². The fourth-order valence-electron chi connectivity index (χ4n) is 2.41. The normalized spacial score (nSPS) is 17.0. The van der Waals surface area contributed by atoms with Crippen molar-refractivity contribution in [1.29, 1.82) is 0 Å². The molecule has 2 rings (SSSR count). The quantitative estimate of drug-likeness (QED) is 0.819.